The van der Waals surface area contributed by atoms with Gasteiger partial charge >= 0.3 is 11.9 Å². The van der Waals surface area contributed by atoms with E-state index in [2.05, 4.69) is 26.0 Å². The van der Waals surface area contributed by atoms with Crippen molar-refractivity contribution in [1.29, 1.82) is 0 Å². The third-order valence-electron chi connectivity index (χ3n) is 9.68. The van der Waals surface area contributed by atoms with Crippen LogP contribution in [0.1, 0.15) is 218 Å². The van der Waals surface area contributed by atoms with Gasteiger partial charge in [0.25, 0.3) is 0 Å². The summed E-state index contributed by atoms with van der Waals surface area (Å²) in [5, 5.41) is 9.86. The van der Waals surface area contributed by atoms with Gasteiger partial charge in [-0.1, -0.05) is 192 Å². The van der Waals surface area contributed by atoms with Gasteiger partial charge < -0.3 is 9.84 Å². The van der Waals surface area contributed by atoms with Crippen LogP contribution < -0.4 is 0 Å². The normalized spacial score (nSPS) is 12.7. The Morgan fingerprint density at radius 2 is 0.957 bits per heavy atom. The molecule has 46 heavy (non-hydrogen) atoms. The van der Waals surface area contributed by atoms with Gasteiger partial charge in [-0.05, 0) is 43.7 Å². The van der Waals surface area contributed by atoms with Crippen molar-refractivity contribution >= 4 is 11.9 Å². The summed E-state index contributed by atoms with van der Waals surface area (Å²) >= 11 is 0. The van der Waals surface area contributed by atoms with Crippen LogP contribution in [-0.4, -0.2) is 23.1 Å². The first-order valence-electron chi connectivity index (χ1n) is 20.0. The van der Waals surface area contributed by atoms with Gasteiger partial charge in [0, 0.05) is 6.42 Å². The fraction of sp³-hybridized carbons (Fsp3) is 0.810. The van der Waals surface area contributed by atoms with E-state index in [9.17, 15) is 14.7 Å². The van der Waals surface area contributed by atoms with Gasteiger partial charge in [-0.15, -0.1) is 0 Å². The number of hydrogen-bond acceptors (Lipinski definition) is 3. The van der Waals surface area contributed by atoms with Crippen LogP contribution in [0.25, 0.3) is 0 Å². The number of unbranched alkanes of at least 4 members (excludes halogenated alkanes) is 23. The molecule has 1 rings (SSSR count). The number of carbonyl (C=O) groups is 2. The molecule has 1 aromatic rings. The van der Waals surface area contributed by atoms with E-state index in [1.54, 1.807) is 0 Å². The smallest absolute Gasteiger partial charge is 0.310 e. The van der Waals surface area contributed by atoms with E-state index in [1.165, 1.54) is 135 Å². The Morgan fingerprint density at radius 1 is 0.565 bits per heavy atom. The lowest BCUT2D eigenvalue weighted by molar-refractivity contribution is -0.148. The summed E-state index contributed by atoms with van der Waals surface area (Å²) in [5.41, 5.74) is 2.06. The number of rotatable bonds is 33. The maximum Gasteiger partial charge on any atom is 0.310 e. The van der Waals surface area contributed by atoms with Gasteiger partial charge in [-0.2, -0.15) is 0 Å². The van der Waals surface area contributed by atoms with Crippen LogP contribution in [0.15, 0.2) is 24.3 Å². The molecule has 0 radical (unpaired) electrons. The van der Waals surface area contributed by atoms with Crippen molar-refractivity contribution in [3.8, 4) is 0 Å². The Balaban J connectivity index is 2.12. The van der Waals surface area contributed by atoms with Crippen molar-refractivity contribution < 1.29 is 19.4 Å². The SMILES string of the molecule is CCCCCCCCCCCCCCCC(=O)OC(C)CCc1ccc(C(CCCCCCCCCCCCCC)C(=O)O)cc1. The van der Waals surface area contributed by atoms with Gasteiger partial charge in [0.2, 0.25) is 0 Å². The van der Waals surface area contributed by atoms with Gasteiger partial charge in [-0.3, -0.25) is 9.59 Å². The molecule has 2 unspecified atom stereocenters. The molecule has 1 N–H and O–H groups in total. The number of carbonyl (C=O) groups excluding carboxylic acids is 1. The lowest BCUT2D eigenvalue weighted by atomic mass is 9.91. The number of esters is 1. The van der Waals surface area contributed by atoms with Crippen LogP contribution in [0.4, 0.5) is 0 Å². The van der Waals surface area contributed by atoms with Crippen molar-refractivity contribution in [1.82, 2.24) is 0 Å². The summed E-state index contributed by atoms with van der Waals surface area (Å²) in [5.74, 6) is -1.23. The first-order valence-corrected chi connectivity index (χ1v) is 20.0. The zero-order chi connectivity index (χ0) is 33.5. The summed E-state index contributed by atoms with van der Waals surface area (Å²) in [6.07, 6.45) is 35.1. The molecule has 0 aromatic heterocycles. The highest BCUT2D eigenvalue weighted by Gasteiger charge is 2.19. The zero-order valence-electron chi connectivity index (χ0n) is 30.6. The molecular weight excluding hydrogens is 568 g/mol. The first-order chi connectivity index (χ1) is 22.5. The monoisotopic (exact) mass is 643 g/mol. The maximum absolute atomic E-state index is 12.3. The van der Waals surface area contributed by atoms with E-state index in [-0.39, 0.29) is 12.1 Å². The fourth-order valence-corrected chi connectivity index (χ4v) is 6.54. The number of benzene rings is 1. The van der Waals surface area contributed by atoms with Gasteiger partial charge in [-0.25, -0.2) is 0 Å². The molecule has 0 aliphatic heterocycles. The van der Waals surface area contributed by atoms with E-state index in [1.807, 2.05) is 19.1 Å². The average Bonchev–Trinajstić information content (AvgIpc) is 3.04. The maximum atomic E-state index is 12.3. The van der Waals surface area contributed by atoms with E-state index >= 15 is 0 Å². The minimum atomic E-state index is -0.722. The Bertz CT molecular complexity index is 833. The minimum absolute atomic E-state index is 0.0759. The predicted molar refractivity (Wildman–Crippen MR) is 197 cm³/mol. The highest BCUT2D eigenvalue weighted by Crippen LogP contribution is 2.25. The van der Waals surface area contributed by atoms with Crippen molar-refractivity contribution in [3.05, 3.63) is 35.4 Å². The van der Waals surface area contributed by atoms with Gasteiger partial charge in [0.1, 0.15) is 0 Å². The molecule has 4 heteroatoms. The second-order valence-corrected chi connectivity index (χ2v) is 14.1. The summed E-state index contributed by atoms with van der Waals surface area (Å²) in [6, 6.07) is 8.07. The third kappa shape index (κ3) is 24.3. The van der Waals surface area contributed by atoms with E-state index in [0.29, 0.717) is 12.8 Å². The minimum Gasteiger partial charge on any atom is -0.481 e. The molecule has 1 aromatic carbocycles. The van der Waals surface area contributed by atoms with Crippen LogP contribution in [0.3, 0.4) is 0 Å². The van der Waals surface area contributed by atoms with Gasteiger partial charge in [0.05, 0.1) is 12.0 Å². The molecule has 0 saturated heterocycles. The van der Waals surface area contributed by atoms with Crippen molar-refractivity contribution in [2.24, 2.45) is 0 Å². The molecule has 0 bridgehead atoms. The highest BCUT2D eigenvalue weighted by molar-refractivity contribution is 5.76. The number of hydrogen-bond donors (Lipinski definition) is 1. The molecule has 4 nitrogen and oxygen atoms in total. The molecule has 2 atom stereocenters. The molecule has 0 spiro atoms. The van der Waals surface area contributed by atoms with E-state index in [4.69, 9.17) is 4.74 Å². The van der Waals surface area contributed by atoms with Crippen molar-refractivity contribution in [2.75, 3.05) is 0 Å². The molecule has 0 heterocycles. The second-order valence-electron chi connectivity index (χ2n) is 14.1. The molecule has 0 saturated carbocycles. The van der Waals surface area contributed by atoms with Crippen molar-refractivity contribution in [3.63, 3.8) is 0 Å². The number of aliphatic carboxylic acids is 1. The highest BCUT2D eigenvalue weighted by atomic mass is 16.5. The summed E-state index contributed by atoms with van der Waals surface area (Å²) in [6.45, 7) is 6.51. The Morgan fingerprint density at radius 3 is 1.37 bits per heavy atom. The number of carboxylic acids is 1. The van der Waals surface area contributed by atoms with Gasteiger partial charge in [0.15, 0.2) is 0 Å². The Kier molecular flexibility index (Phi) is 28.0. The quantitative estimate of drug-likeness (QED) is 0.0612. The van der Waals surface area contributed by atoms with Crippen LogP contribution >= 0.6 is 0 Å². The van der Waals surface area contributed by atoms with E-state index < -0.39 is 11.9 Å². The molecule has 0 aliphatic carbocycles. The molecule has 266 valence electrons. The summed E-state index contributed by atoms with van der Waals surface area (Å²) < 4.78 is 5.67. The topological polar surface area (TPSA) is 63.6 Å². The van der Waals surface area contributed by atoms with Crippen LogP contribution in [0, 0.1) is 0 Å². The fourth-order valence-electron chi connectivity index (χ4n) is 6.54. The lowest BCUT2D eigenvalue weighted by Crippen LogP contribution is -2.15. The van der Waals surface area contributed by atoms with Crippen molar-refractivity contribution in [2.45, 2.75) is 219 Å². The Labute approximate surface area is 285 Å². The molecule has 0 amide bonds. The number of carboxylic acid groups (broad SMARTS) is 1. The summed E-state index contributed by atoms with van der Waals surface area (Å²) in [7, 11) is 0. The molecule has 0 fully saturated rings. The lowest BCUT2D eigenvalue weighted by Gasteiger charge is -2.15. The van der Waals surface area contributed by atoms with E-state index in [0.717, 1.165) is 49.7 Å². The molecular formula is C42H74O4. The largest absolute Gasteiger partial charge is 0.481 e. The molecule has 0 aliphatic rings. The summed E-state index contributed by atoms with van der Waals surface area (Å²) in [4.78, 5) is 24.3. The first kappa shape index (κ1) is 42.2. The number of aryl methyl sites for hydroxylation is 1. The second kappa shape index (κ2) is 30.5. The average molecular weight is 643 g/mol. The standard InChI is InChI=1S/C42H74O4/c1-4-6-8-10-12-14-16-18-20-22-24-26-28-30-41(43)46-37(3)31-32-38-33-35-39(36-34-38)40(42(44)45)29-27-25-23-21-19-17-15-13-11-9-7-5-2/h33-37,40H,4-32H2,1-3H3,(H,44,45). The van der Waals surface area contributed by atoms with Crippen LogP contribution in [0.2, 0.25) is 0 Å². The number of ether oxygens (including phenoxy) is 1. The van der Waals surface area contributed by atoms with Crippen LogP contribution in [-0.2, 0) is 20.7 Å². The zero-order valence-corrected chi connectivity index (χ0v) is 30.6. The van der Waals surface area contributed by atoms with Crippen LogP contribution in [0.5, 0.6) is 0 Å². The predicted octanol–water partition coefficient (Wildman–Crippen LogP) is 13.3. The Hall–Kier alpha value is -1.84. The third-order valence-corrected chi connectivity index (χ3v) is 9.68.